The highest BCUT2D eigenvalue weighted by molar-refractivity contribution is 7.89. The summed E-state index contributed by atoms with van der Waals surface area (Å²) in [6, 6.07) is 13.7. The van der Waals surface area contributed by atoms with Crippen molar-refractivity contribution in [2.45, 2.75) is 4.90 Å². The van der Waals surface area contributed by atoms with E-state index in [1.54, 1.807) is 29.2 Å². The fourth-order valence-electron chi connectivity index (χ4n) is 2.55. The molecule has 0 amide bonds. The van der Waals surface area contributed by atoms with E-state index in [-0.39, 0.29) is 4.90 Å². The van der Waals surface area contributed by atoms with Crippen LogP contribution in [0.1, 0.15) is 0 Å². The second-order valence-corrected chi connectivity index (χ2v) is 7.12. The van der Waals surface area contributed by atoms with E-state index in [1.807, 2.05) is 30.5 Å². The molecule has 0 unspecified atom stereocenters. The largest absolute Gasteiger partial charge is 0.324 e. The van der Waals surface area contributed by atoms with Crippen LogP contribution in [0.5, 0.6) is 0 Å². The van der Waals surface area contributed by atoms with E-state index in [9.17, 15) is 8.42 Å². The molecule has 0 saturated heterocycles. The number of sulfonamides is 1. The molecule has 3 N–H and O–H groups in total. The van der Waals surface area contributed by atoms with Crippen molar-refractivity contribution < 1.29 is 8.42 Å². The number of benzene rings is 2. The summed E-state index contributed by atoms with van der Waals surface area (Å²) in [7, 11) is -3.72. The SMILES string of the molecule is NS(=O)(=O)c1ccc(Nc2ncc3cccc(-n4cccn4)c3n2)cc1. The highest BCUT2D eigenvalue weighted by Gasteiger charge is 2.09. The molecule has 26 heavy (non-hydrogen) atoms. The van der Waals surface area contributed by atoms with E-state index in [0.29, 0.717) is 11.6 Å². The first kappa shape index (κ1) is 16.2. The Morgan fingerprint density at radius 2 is 1.85 bits per heavy atom. The number of primary sulfonamides is 1. The first-order valence-corrected chi connectivity index (χ1v) is 9.21. The van der Waals surface area contributed by atoms with E-state index >= 15 is 0 Å². The number of nitrogens with zero attached hydrogens (tertiary/aromatic N) is 4. The molecule has 0 bridgehead atoms. The monoisotopic (exact) mass is 366 g/mol. The van der Waals surface area contributed by atoms with Crippen molar-refractivity contribution >= 4 is 32.6 Å². The van der Waals surface area contributed by atoms with Crippen LogP contribution in [0.25, 0.3) is 16.6 Å². The van der Waals surface area contributed by atoms with E-state index in [1.165, 1.54) is 12.1 Å². The molecule has 0 aliphatic rings. The maximum Gasteiger partial charge on any atom is 0.238 e. The van der Waals surface area contributed by atoms with Crippen molar-refractivity contribution in [3.05, 3.63) is 67.1 Å². The fraction of sp³-hybridized carbons (Fsp3) is 0. The maximum atomic E-state index is 11.3. The third kappa shape index (κ3) is 3.13. The summed E-state index contributed by atoms with van der Waals surface area (Å²) in [5.74, 6) is 0.389. The number of nitrogens with one attached hydrogen (secondary N) is 1. The van der Waals surface area contributed by atoms with Gasteiger partial charge in [-0.1, -0.05) is 12.1 Å². The Morgan fingerprint density at radius 3 is 2.54 bits per heavy atom. The molecule has 4 rings (SSSR count). The Kier molecular flexibility index (Phi) is 3.86. The second-order valence-electron chi connectivity index (χ2n) is 5.55. The number of para-hydroxylation sites is 1. The van der Waals surface area contributed by atoms with Crippen LogP contribution in [0, 0.1) is 0 Å². The van der Waals surface area contributed by atoms with Gasteiger partial charge in [0.2, 0.25) is 16.0 Å². The second kappa shape index (κ2) is 6.21. The molecule has 0 aliphatic carbocycles. The number of anilines is 2. The predicted molar refractivity (Wildman–Crippen MR) is 97.8 cm³/mol. The summed E-state index contributed by atoms with van der Waals surface area (Å²) in [5, 5.41) is 13.3. The molecule has 0 spiro atoms. The van der Waals surface area contributed by atoms with E-state index in [2.05, 4.69) is 20.4 Å². The molecule has 4 aromatic rings. The summed E-state index contributed by atoms with van der Waals surface area (Å²) in [5.41, 5.74) is 2.23. The lowest BCUT2D eigenvalue weighted by Crippen LogP contribution is -2.11. The zero-order valence-electron chi connectivity index (χ0n) is 13.4. The zero-order valence-corrected chi connectivity index (χ0v) is 14.3. The molecule has 2 heterocycles. The molecule has 8 nitrogen and oxygen atoms in total. The molecule has 0 aliphatic heterocycles. The molecule has 9 heteroatoms. The number of nitrogens with two attached hydrogens (primary N) is 1. The molecular formula is C17H14N6O2S. The quantitative estimate of drug-likeness (QED) is 0.572. The summed E-state index contributed by atoms with van der Waals surface area (Å²) in [4.78, 5) is 8.92. The first-order chi connectivity index (χ1) is 12.5. The highest BCUT2D eigenvalue weighted by Crippen LogP contribution is 2.22. The third-order valence-corrected chi connectivity index (χ3v) is 4.71. The standard InChI is InChI=1S/C17H14N6O2S/c18-26(24,25)14-7-5-13(6-8-14)21-17-19-11-12-3-1-4-15(16(12)22-17)23-10-2-9-20-23/h1-11H,(H2,18,24,25)(H,19,21,22). The average molecular weight is 366 g/mol. The molecule has 0 fully saturated rings. The summed E-state index contributed by atoms with van der Waals surface area (Å²) in [6.07, 6.45) is 5.26. The van der Waals surface area contributed by atoms with Gasteiger partial charge in [-0.2, -0.15) is 5.10 Å². The van der Waals surface area contributed by atoms with Crippen LogP contribution in [0.4, 0.5) is 11.6 Å². The van der Waals surface area contributed by atoms with Gasteiger partial charge in [0.05, 0.1) is 10.6 Å². The van der Waals surface area contributed by atoms with E-state index in [0.717, 1.165) is 16.6 Å². The van der Waals surface area contributed by atoms with Crippen LogP contribution in [0.2, 0.25) is 0 Å². The Bertz CT molecular complexity index is 1170. The highest BCUT2D eigenvalue weighted by atomic mass is 32.2. The molecule has 0 radical (unpaired) electrons. The van der Waals surface area contributed by atoms with Crippen molar-refractivity contribution in [2.75, 3.05) is 5.32 Å². The minimum absolute atomic E-state index is 0.0449. The Balaban J connectivity index is 1.70. The minimum atomic E-state index is -3.72. The normalized spacial score (nSPS) is 11.6. The lowest BCUT2D eigenvalue weighted by Gasteiger charge is -2.09. The van der Waals surface area contributed by atoms with Crippen LogP contribution in [-0.2, 0) is 10.0 Å². The van der Waals surface area contributed by atoms with Gasteiger partial charge < -0.3 is 5.32 Å². The van der Waals surface area contributed by atoms with Crippen molar-refractivity contribution in [3.8, 4) is 5.69 Å². The zero-order chi connectivity index (χ0) is 18.1. The van der Waals surface area contributed by atoms with Gasteiger partial charge in [0.15, 0.2) is 0 Å². The minimum Gasteiger partial charge on any atom is -0.324 e. The van der Waals surface area contributed by atoms with E-state index in [4.69, 9.17) is 5.14 Å². The van der Waals surface area contributed by atoms with Gasteiger partial charge in [-0.05, 0) is 36.4 Å². The van der Waals surface area contributed by atoms with Crippen molar-refractivity contribution in [1.82, 2.24) is 19.7 Å². The van der Waals surface area contributed by atoms with Crippen LogP contribution in [0.3, 0.4) is 0 Å². The molecule has 130 valence electrons. The molecule has 2 aromatic heterocycles. The first-order valence-electron chi connectivity index (χ1n) is 7.66. The fourth-order valence-corrected chi connectivity index (χ4v) is 3.07. The average Bonchev–Trinajstić information content (AvgIpc) is 3.15. The predicted octanol–water partition coefficient (Wildman–Crippen LogP) is 2.21. The Labute approximate surface area is 149 Å². The van der Waals surface area contributed by atoms with Gasteiger partial charge >= 0.3 is 0 Å². The van der Waals surface area contributed by atoms with Gasteiger partial charge in [0, 0.05) is 29.7 Å². The maximum absolute atomic E-state index is 11.3. The van der Waals surface area contributed by atoms with Gasteiger partial charge in [0.25, 0.3) is 0 Å². The number of fused-ring (bicyclic) bond motifs is 1. The van der Waals surface area contributed by atoms with Crippen molar-refractivity contribution in [2.24, 2.45) is 5.14 Å². The molecule has 0 atom stereocenters. The topological polar surface area (TPSA) is 116 Å². The smallest absolute Gasteiger partial charge is 0.238 e. The number of hydrogen-bond acceptors (Lipinski definition) is 6. The summed E-state index contributed by atoms with van der Waals surface area (Å²) in [6.45, 7) is 0. The number of rotatable bonds is 4. The van der Waals surface area contributed by atoms with Gasteiger partial charge in [-0.3, -0.25) is 0 Å². The van der Waals surface area contributed by atoms with Crippen LogP contribution in [-0.4, -0.2) is 28.2 Å². The van der Waals surface area contributed by atoms with Crippen LogP contribution >= 0.6 is 0 Å². The van der Waals surface area contributed by atoms with E-state index < -0.39 is 10.0 Å². The Hall–Kier alpha value is -3.30. The van der Waals surface area contributed by atoms with Gasteiger partial charge in [-0.15, -0.1) is 0 Å². The van der Waals surface area contributed by atoms with Crippen molar-refractivity contribution in [1.29, 1.82) is 0 Å². The molecule has 0 saturated carbocycles. The van der Waals surface area contributed by atoms with Crippen molar-refractivity contribution in [3.63, 3.8) is 0 Å². The van der Waals surface area contributed by atoms with Crippen LogP contribution in [0.15, 0.2) is 72.0 Å². The molecule has 2 aromatic carbocycles. The van der Waals surface area contributed by atoms with Gasteiger partial charge in [0.1, 0.15) is 5.52 Å². The lowest BCUT2D eigenvalue weighted by molar-refractivity contribution is 0.598. The Morgan fingerprint density at radius 1 is 1.04 bits per heavy atom. The van der Waals surface area contributed by atoms with Gasteiger partial charge in [-0.25, -0.2) is 28.2 Å². The number of hydrogen-bond donors (Lipinski definition) is 2. The third-order valence-electron chi connectivity index (χ3n) is 3.78. The summed E-state index contributed by atoms with van der Waals surface area (Å²) < 4.78 is 24.4. The number of aromatic nitrogens is 4. The molecular weight excluding hydrogens is 352 g/mol. The van der Waals surface area contributed by atoms with Crippen LogP contribution < -0.4 is 10.5 Å². The summed E-state index contributed by atoms with van der Waals surface area (Å²) >= 11 is 0. The lowest BCUT2D eigenvalue weighted by atomic mass is 10.2.